The van der Waals surface area contributed by atoms with Crippen molar-refractivity contribution in [2.75, 3.05) is 19.7 Å². The van der Waals surface area contributed by atoms with Crippen molar-refractivity contribution in [2.24, 2.45) is 5.92 Å². The Hall–Kier alpha value is -0.870. The highest BCUT2D eigenvalue weighted by Crippen LogP contribution is 2.37. The Bertz CT molecular complexity index is 493. The molecule has 1 heterocycles. The van der Waals surface area contributed by atoms with Crippen LogP contribution < -0.4 is 0 Å². The molecule has 0 bridgehead atoms. The summed E-state index contributed by atoms with van der Waals surface area (Å²) in [6.45, 7) is 10.6. The number of nitrogens with zero attached hydrogens (tertiary/aromatic N) is 1. The molecule has 0 radical (unpaired) electrons. The lowest BCUT2D eigenvalue weighted by Gasteiger charge is -2.31. The number of rotatable bonds is 3. The topological polar surface area (TPSA) is 29.5 Å². The standard InChI is InChI=1S/C17H24BrNO2/c1-5-21-16(20)15-11-19(17(2,3)4)10-14(15)12-6-8-13(18)9-7-12/h6-9,14-15H,5,10-11H2,1-4H3/t14-,15+/m1/s1. The van der Waals surface area contributed by atoms with Crippen molar-refractivity contribution in [3.05, 3.63) is 34.3 Å². The third kappa shape index (κ3) is 3.86. The zero-order chi connectivity index (χ0) is 15.6. The first-order valence-electron chi connectivity index (χ1n) is 7.50. The smallest absolute Gasteiger partial charge is 0.310 e. The SMILES string of the molecule is CCOC(=O)[C@H]1CN(C(C)(C)C)C[C@@H]1c1ccc(Br)cc1. The predicted molar refractivity (Wildman–Crippen MR) is 88.3 cm³/mol. The van der Waals surface area contributed by atoms with Gasteiger partial charge in [0.25, 0.3) is 0 Å². The zero-order valence-corrected chi connectivity index (χ0v) is 14.8. The number of hydrogen-bond donors (Lipinski definition) is 0. The molecular formula is C17H24BrNO2. The molecular weight excluding hydrogens is 330 g/mol. The monoisotopic (exact) mass is 353 g/mol. The van der Waals surface area contributed by atoms with Crippen molar-refractivity contribution in [2.45, 2.75) is 39.2 Å². The molecule has 0 aromatic heterocycles. The number of carbonyl (C=O) groups excluding carboxylic acids is 1. The summed E-state index contributed by atoms with van der Waals surface area (Å²) < 4.78 is 6.35. The first kappa shape index (κ1) is 16.5. The van der Waals surface area contributed by atoms with Crippen LogP contribution in [0.3, 0.4) is 0 Å². The van der Waals surface area contributed by atoms with Gasteiger partial charge in [-0.05, 0) is 45.4 Å². The third-order valence-corrected chi connectivity index (χ3v) is 4.68. The Balaban J connectivity index is 2.26. The van der Waals surface area contributed by atoms with Crippen molar-refractivity contribution in [3.63, 3.8) is 0 Å². The Morgan fingerprint density at radius 2 is 1.90 bits per heavy atom. The number of ether oxygens (including phenoxy) is 1. The van der Waals surface area contributed by atoms with Gasteiger partial charge in [0.15, 0.2) is 0 Å². The van der Waals surface area contributed by atoms with Crippen LogP contribution in [0.1, 0.15) is 39.2 Å². The minimum atomic E-state index is -0.0784. The molecule has 0 saturated carbocycles. The maximum atomic E-state index is 12.3. The van der Waals surface area contributed by atoms with E-state index in [0.717, 1.165) is 17.6 Å². The molecule has 116 valence electrons. The lowest BCUT2D eigenvalue weighted by Crippen LogP contribution is -2.40. The van der Waals surface area contributed by atoms with Crippen LogP contribution in [0.5, 0.6) is 0 Å². The normalized spacial score (nSPS) is 23.3. The maximum absolute atomic E-state index is 12.3. The first-order chi connectivity index (χ1) is 9.82. The molecule has 0 spiro atoms. The van der Waals surface area contributed by atoms with E-state index in [9.17, 15) is 4.79 Å². The summed E-state index contributed by atoms with van der Waals surface area (Å²) in [5.41, 5.74) is 1.28. The van der Waals surface area contributed by atoms with Crippen LogP contribution in [0.15, 0.2) is 28.7 Å². The highest BCUT2D eigenvalue weighted by Gasteiger charge is 2.42. The molecule has 2 atom stereocenters. The number of esters is 1. The van der Waals surface area contributed by atoms with Crippen LogP contribution in [0.25, 0.3) is 0 Å². The van der Waals surface area contributed by atoms with Gasteiger partial charge in [-0.3, -0.25) is 9.69 Å². The summed E-state index contributed by atoms with van der Waals surface area (Å²) in [5.74, 6) is 0.0545. The van der Waals surface area contributed by atoms with Gasteiger partial charge in [-0.2, -0.15) is 0 Å². The summed E-state index contributed by atoms with van der Waals surface area (Å²) in [4.78, 5) is 14.7. The first-order valence-corrected chi connectivity index (χ1v) is 8.29. The highest BCUT2D eigenvalue weighted by atomic mass is 79.9. The van der Waals surface area contributed by atoms with Gasteiger partial charge in [0, 0.05) is 29.0 Å². The Morgan fingerprint density at radius 1 is 1.29 bits per heavy atom. The van der Waals surface area contributed by atoms with Gasteiger partial charge in [-0.25, -0.2) is 0 Å². The number of halogens is 1. The number of likely N-dealkylation sites (tertiary alicyclic amines) is 1. The van der Waals surface area contributed by atoms with E-state index in [0.29, 0.717) is 6.61 Å². The van der Waals surface area contributed by atoms with E-state index in [4.69, 9.17) is 4.74 Å². The van der Waals surface area contributed by atoms with E-state index in [-0.39, 0.29) is 23.3 Å². The molecule has 1 saturated heterocycles. The average Bonchev–Trinajstić information content (AvgIpc) is 2.85. The van der Waals surface area contributed by atoms with Crippen molar-refractivity contribution in [1.29, 1.82) is 0 Å². The van der Waals surface area contributed by atoms with E-state index >= 15 is 0 Å². The van der Waals surface area contributed by atoms with E-state index < -0.39 is 0 Å². The molecule has 1 aliphatic rings. The zero-order valence-electron chi connectivity index (χ0n) is 13.2. The van der Waals surface area contributed by atoms with E-state index in [1.807, 2.05) is 19.1 Å². The second kappa shape index (κ2) is 6.49. The molecule has 21 heavy (non-hydrogen) atoms. The van der Waals surface area contributed by atoms with Crippen molar-refractivity contribution in [3.8, 4) is 0 Å². The summed E-state index contributed by atoms with van der Waals surface area (Å²) in [6, 6.07) is 8.29. The fourth-order valence-corrected chi connectivity index (χ4v) is 3.15. The molecule has 0 amide bonds. The van der Waals surface area contributed by atoms with Gasteiger partial charge in [0.2, 0.25) is 0 Å². The summed E-state index contributed by atoms with van der Waals surface area (Å²) in [7, 11) is 0. The van der Waals surface area contributed by atoms with Crippen molar-refractivity contribution in [1.82, 2.24) is 4.90 Å². The van der Waals surface area contributed by atoms with E-state index in [1.165, 1.54) is 5.56 Å². The molecule has 1 aromatic carbocycles. The number of carbonyl (C=O) groups is 1. The van der Waals surface area contributed by atoms with E-state index in [2.05, 4.69) is 53.7 Å². The van der Waals surface area contributed by atoms with Crippen LogP contribution in [-0.4, -0.2) is 36.1 Å². The van der Waals surface area contributed by atoms with Gasteiger partial charge in [-0.15, -0.1) is 0 Å². The molecule has 1 aromatic rings. The minimum absolute atomic E-state index is 0.0643. The second-order valence-corrected chi connectivity index (χ2v) is 7.51. The van der Waals surface area contributed by atoms with Crippen LogP contribution in [-0.2, 0) is 9.53 Å². The fraction of sp³-hybridized carbons (Fsp3) is 0.588. The number of hydrogen-bond acceptors (Lipinski definition) is 3. The summed E-state index contributed by atoms with van der Waals surface area (Å²) >= 11 is 3.46. The van der Waals surface area contributed by atoms with Crippen molar-refractivity contribution >= 4 is 21.9 Å². The predicted octanol–water partition coefficient (Wildman–Crippen LogP) is 3.83. The van der Waals surface area contributed by atoms with Crippen molar-refractivity contribution < 1.29 is 9.53 Å². The molecule has 4 heteroatoms. The second-order valence-electron chi connectivity index (χ2n) is 6.59. The van der Waals surface area contributed by atoms with E-state index in [1.54, 1.807) is 0 Å². The van der Waals surface area contributed by atoms with Gasteiger partial charge in [0.1, 0.15) is 0 Å². The van der Waals surface area contributed by atoms with Crippen LogP contribution in [0, 0.1) is 5.92 Å². The largest absolute Gasteiger partial charge is 0.466 e. The Morgan fingerprint density at radius 3 is 2.43 bits per heavy atom. The molecule has 1 aliphatic heterocycles. The van der Waals surface area contributed by atoms with Gasteiger partial charge in [0.05, 0.1) is 12.5 Å². The number of benzene rings is 1. The summed E-state index contributed by atoms with van der Waals surface area (Å²) in [5, 5.41) is 0. The minimum Gasteiger partial charge on any atom is -0.466 e. The van der Waals surface area contributed by atoms with Gasteiger partial charge in [-0.1, -0.05) is 28.1 Å². The third-order valence-electron chi connectivity index (χ3n) is 4.16. The average molecular weight is 354 g/mol. The Kier molecular flexibility index (Phi) is 5.10. The van der Waals surface area contributed by atoms with Crippen LogP contribution >= 0.6 is 15.9 Å². The quantitative estimate of drug-likeness (QED) is 0.773. The van der Waals surface area contributed by atoms with Crippen LogP contribution in [0.4, 0.5) is 0 Å². The molecule has 1 fully saturated rings. The molecule has 2 rings (SSSR count). The van der Waals surface area contributed by atoms with Crippen LogP contribution in [0.2, 0.25) is 0 Å². The fourth-order valence-electron chi connectivity index (χ4n) is 2.89. The van der Waals surface area contributed by atoms with Gasteiger partial charge >= 0.3 is 5.97 Å². The summed E-state index contributed by atoms with van der Waals surface area (Å²) in [6.07, 6.45) is 0. The maximum Gasteiger partial charge on any atom is 0.310 e. The highest BCUT2D eigenvalue weighted by molar-refractivity contribution is 9.10. The molecule has 0 aliphatic carbocycles. The van der Waals surface area contributed by atoms with Gasteiger partial charge < -0.3 is 4.74 Å². The Labute approximate surface area is 135 Å². The molecule has 0 N–H and O–H groups in total. The lowest BCUT2D eigenvalue weighted by molar-refractivity contribution is -0.148. The molecule has 0 unspecified atom stereocenters. The molecule has 3 nitrogen and oxygen atoms in total. The lowest BCUT2D eigenvalue weighted by atomic mass is 9.89.